The van der Waals surface area contributed by atoms with Gasteiger partial charge < -0.3 is 0 Å². The van der Waals surface area contributed by atoms with E-state index in [1.54, 1.807) is 6.07 Å². The van der Waals surface area contributed by atoms with Crippen LogP contribution in [0.25, 0.3) is 0 Å². The number of rotatable bonds is 2. The van der Waals surface area contributed by atoms with Crippen LogP contribution in [0.3, 0.4) is 0 Å². The van der Waals surface area contributed by atoms with Gasteiger partial charge in [-0.05, 0) is 18.3 Å². The molecular weight excluding hydrogens is 202 g/mol. The smallest absolute Gasteiger partial charge is 0.258 e. The van der Waals surface area contributed by atoms with Crippen molar-refractivity contribution in [3.63, 3.8) is 0 Å². The lowest BCUT2D eigenvalue weighted by atomic mass is 10.2. The van der Waals surface area contributed by atoms with Gasteiger partial charge in [-0.1, -0.05) is 0 Å². The van der Waals surface area contributed by atoms with Gasteiger partial charge in [0.2, 0.25) is 0 Å². The fraction of sp³-hybridized carbons (Fsp3) is 0. The van der Waals surface area contributed by atoms with E-state index in [2.05, 4.69) is 22.4 Å². The van der Waals surface area contributed by atoms with Crippen LogP contribution in [0.4, 0.5) is 11.4 Å². The third kappa shape index (κ3) is 1.98. The second kappa shape index (κ2) is 4.23. The first-order valence-electron chi connectivity index (χ1n) is 3.45. The van der Waals surface area contributed by atoms with E-state index in [1.165, 1.54) is 12.1 Å². The molecule has 0 spiro atoms. The average Bonchev–Trinajstić information content (AvgIpc) is 2.18. The summed E-state index contributed by atoms with van der Waals surface area (Å²) in [6.45, 7) is 0. The number of nitro benzene ring substituents is 1. The van der Waals surface area contributed by atoms with Gasteiger partial charge in [0.25, 0.3) is 5.69 Å². The molecule has 0 radical (unpaired) electrons. The minimum Gasteiger partial charge on any atom is -0.258 e. The number of non-ortho nitro benzene ring substituents is 1. The van der Waals surface area contributed by atoms with Crippen LogP contribution in [0.15, 0.2) is 23.2 Å². The van der Waals surface area contributed by atoms with Crippen molar-refractivity contribution < 1.29 is 4.92 Å². The fourth-order valence-corrected chi connectivity index (χ4v) is 0.972. The van der Waals surface area contributed by atoms with Gasteiger partial charge in [-0.15, -0.1) is 0 Å². The number of hydrogen-bond donors (Lipinski definition) is 0. The summed E-state index contributed by atoms with van der Waals surface area (Å²) in [5, 5.41) is 21.1. The number of nitrogens with zero attached hydrogens (tertiary/aromatic N) is 3. The zero-order chi connectivity index (χ0) is 10.6. The van der Waals surface area contributed by atoms with Crippen molar-refractivity contribution in [2.24, 2.45) is 4.99 Å². The minimum atomic E-state index is -0.578. The number of nitro groups is 1. The van der Waals surface area contributed by atoms with E-state index in [9.17, 15) is 10.1 Å². The summed E-state index contributed by atoms with van der Waals surface area (Å²) in [6, 6.07) is 5.55. The van der Waals surface area contributed by atoms with Crippen LogP contribution in [-0.2, 0) is 0 Å². The number of isothiocyanates is 1. The first-order valence-corrected chi connectivity index (χ1v) is 3.86. The molecular formula is C8H3N3O2S. The van der Waals surface area contributed by atoms with Crippen LogP contribution in [0.1, 0.15) is 5.56 Å². The Labute approximate surface area is 84.5 Å². The van der Waals surface area contributed by atoms with E-state index in [-0.39, 0.29) is 16.9 Å². The maximum absolute atomic E-state index is 10.4. The highest BCUT2D eigenvalue weighted by atomic mass is 32.1. The van der Waals surface area contributed by atoms with Gasteiger partial charge in [0, 0.05) is 12.1 Å². The number of hydrogen-bond acceptors (Lipinski definition) is 5. The molecule has 0 bridgehead atoms. The molecule has 0 saturated carbocycles. The van der Waals surface area contributed by atoms with Crippen molar-refractivity contribution >= 4 is 28.8 Å². The Bertz CT molecular complexity index is 472. The lowest BCUT2D eigenvalue weighted by molar-refractivity contribution is -0.384. The van der Waals surface area contributed by atoms with Crippen molar-refractivity contribution in [1.82, 2.24) is 0 Å². The second-order valence-corrected chi connectivity index (χ2v) is 2.46. The predicted octanol–water partition coefficient (Wildman–Crippen LogP) is 2.20. The third-order valence-electron chi connectivity index (χ3n) is 1.48. The van der Waals surface area contributed by atoms with Gasteiger partial charge in [-0.3, -0.25) is 10.1 Å². The van der Waals surface area contributed by atoms with Gasteiger partial charge in [0.15, 0.2) is 0 Å². The molecule has 0 aliphatic carbocycles. The average molecular weight is 205 g/mol. The van der Waals surface area contributed by atoms with E-state index in [4.69, 9.17) is 5.26 Å². The van der Waals surface area contributed by atoms with Gasteiger partial charge in [-0.2, -0.15) is 10.3 Å². The molecule has 1 aromatic carbocycles. The summed E-state index contributed by atoms with van der Waals surface area (Å²) in [7, 11) is 0. The predicted molar refractivity (Wildman–Crippen MR) is 52.5 cm³/mol. The van der Waals surface area contributed by atoms with Crippen LogP contribution in [0, 0.1) is 21.4 Å². The Morgan fingerprint density at radius 1 is 1.57 bits per heavy atom. The van der Waals surface area contributed by atoms with Crippen molar-refractivity contribution in [2.45, 2.75) is 0 Å². The van der Waals surface area contributed by atoms with Crippen molar-refractivity contribution in [1.29, 1.82) is 5.26 Å². The quantitative estimate of drug-likeness (QED) is 0.321. The normalized spacial score (nSPS) is 8.50. The van der Waals surface area contributed by atoms with E-state index in [1.807, 2.05) is 0 Å². The summed E-state index contributed by atoms with van der Waals surface area (Å²) in [5.74, 6) is 0. The number of thiocarbonyl (C=S) groups is 1. The molecule has 0 aromatic heterocycles. The Balaban J connectivity index is 3.33. The Morgan fingerprint density at radius 2 is 2.29 bits per heavy atom. The highest BCUT2D eigenvalue weighted by Crippen LogP contribution is 2.23. The lowest BCUT2D eigenvalue weighted by Crippen LogP contribution is -1.88. The third-order valence-corrected chi connectivity index (χ3v) is 1.57. The molecule has 0 N–H and O–H groups in total. The maximum atomic E-state index is 10.4. The topological polar surface area (TPSA) is 79.3 Å². The molecule has 0 atom stereocenters. The molecule has 0 aliphatic heterocycles. The summed E-state index contributed by atoms with van der Waals surface area (Å²) in [4.78, 5) is 13.4. The second-order valence-electron chi connectivity index (χ2n) is 2.27. The summed E-state index contributed by atoms with van der Waals surface area (Å²) < 4.78 is 0. The molecule has 0 fully saturated rings. The molecule has 0 heterocycles. The molecule has 0 aliphatic rings. The molecule has 1 aromatic rings. The summed E-state index contributed by atoms with van der Waals surface area (Å²) in [6.07, 6.45) is 0. The van der Waals surface area contributed by atoms with Crippen LogP contribution < -0.4 is 0 Å². The fourth-order valence-electron chi connectivity index (χ4n) is 0.874. The number of benzene rings is 1. The Hall–Kier alpha value is -2.09. The maximum Gasteiger partial charge on any atom is 0.270 e. The molecule has 0 amide bonds. The van der Waals surface area contributed by atoms with E-state index in [0.717, 1.165) is 6.07 Å². The molecule has 68 valence electrons. The molecule has 6 heteroatoms. The van der Waals surface area contributed by atoms with E-state index in [0.29, 0.717) is 0 Å². The number of nitriles is 1. The van der Waals surface area contributed by atoms with Gasteiger partial charge in [0.05, 0.1) is 21.3 Å². The minimum absolute atomic E-state index is 0.108. The van der Waals surface area contributed by atoms with Crippen LogP contribution in [-0.4, -0.2) is 10.1 Å². The Kier molecular flexibility index (Phi) is 3.02. The van der Waals surface area contributed by atoms with Gasteiger partial charge in [0.1, 0.15) is 6.07 Å². The summed E-state index contributed by atoms with van der Waals surface area (Å²) in [5.41, 5.74) is 0.245. The lowest BCUT2D eigenvalue weighted by Gasteiger charge is -1.94. The molecule has 0 unspecified atom stereocenters. The largest absolute Gasteiger partial charge is 0.270 e. The monoisotopic (exact) mass is 205 g/mol. The first-order chi connectivity index (χ1) is 6.69. The highest BCUT2D eigenvalue weighted by Gasteiger charge is 2.09. The molecule has 5 nitrogen and oxygen atoms in total. The van der Waals surface area contributed by atoms with Gasteiger partial charge in [-0.25, -0.2) is 0 Å². The molecule has 1 rings (SSSR count). The molecule has 0 saturated heterocycles. The Morgan fingerprint density at radius 3 is 2.79 bits per heavy atom. The molecule has 14 heavy (non-hydrogen) atoms. The van der Waals surface area contributed by atoms with Gasteiger partial charge >= 0.3 is 0 Å². The van der Waals surface area contributed by atoms with Crippen molar-refractivity contribution in [3.8, 4) is 6.07 Å². The first kappa shape index (κ1) is 9.99. The standard InChI is InChI=1S/C8H3N3O2S/c9-4-6-3-7(11(12)13)1-2-8(6)10-5-14/h1-3H. The zero-order valence-electron chi connectivity index (χ0n) is 6.80. The summed E-state index contributed by atoms with van der Waals surface area (Å²) >= 11 is 4.37. The van der Waals surface area contributed by atoms with Crippen LogP contribution in [0.5, 0.6) is 0 Å². The zero-order valence-corrected chi connectivity index (χ0v) is 7.61. The van der Waals surface area contributed by atoms with Crippen LogP contribution in [0.2, 0.25) is 0 Å². The van der Waals surface area contributed by atoms with Crippen LogP contribution >= 0.6 is 12.2 Å². The van der Waals surface area contributed by atoms with E-state index < -0.39 is 4.92 Å². The number of aliphatic imine (C=N–C) groups is 1. The van der Waals surface area contributed by atoms with E-state index >= 15 is 0 Å². The SMILES string of the molecule is N#Cc1cc([N+](=O)[O-])ccc1N=C=S. The van der Waals surface area contributed by atoms with Crippen molar-refractivity contribution in [2.75, 3.05) is 0 Å². The highest BCUT2D eigenvalue weighted by molar-refractivity contribution is 7.78. The van der Waals surface area contributed by atoms with Crippen molar-refractivity contribution in [3.05, 3.63) is 33.9 Å².